The second kappa shape index (κ2) is 6.42. The summed E-state index contributed by atoms with van der Waals surface area (Å²) in [6.07, 6.45) is -0.213. The molecule has 0 aliphatic heterocycles. The molecule has 2 N–H and O–H groups in total. The number of amides is 1. The van der Waals surface area contributed by atoms with Crippen LogP contribution in [0.4, 0.5) is 4.79 Å². The molecule has 2 aromatic heterocycles. The average Bonchev–Trinajstić information content (AvgIpc) is 2.76. The van der Waals surface area contributed by atoms with Crippen molar-refractivity contribution in [1.29, 1.82) is 0 Å². The summed E-state index contributed by atoms with van der Waals surface area (Å²) in [5.74, 6) is 1.72. The number of aromatic nitrogens is 3. The topological polar surface area (TPSA) is 92.3 Å². The van der Waals surface area contributed by atoms with Gasteiger partial charge >= 0.3 is 6.09 Å². The summed E-state index contributed by atoms with van der Waals surface area (Å²) in [7, 11) is 1.55. The van der Waals surface area contributed by atoms with Gasteiger partial charge in [-0.05, 0) is 6.07 Å². The van der Waals surface area contributed by atoms with Gasteiger partial charge in [-0.25, -0.2) is 9.78 Å². The van der Waals surface area contributed by atoms with Crippen molar-refractivity contribution in [3.05, 3.63) is 18.0 Å². The lowest BCUT2D eigenvalue weighted by atomic mass is 10.4. The molecule has 2 aromatic rings. The van der Waals surface area contributed by atoms with Gasteiger partial charge in [-0.2, -0.15) is 4.98 Å². The van der Waals surface area contributed by atoms with E-state index in [1.807, 2.05) is 10.6 Å². The van der Waals surface area contributed by atoms with Crippen LogP contribution in [0.15, 0.2) is 12.1 Å². The molecule has 8 heteroatoms. The van der Waals surface area contributed by atoms with Crippen molar-refractivity contribution >= 4 is 28.9 Å². The number of methoxy groups -OCH3 is 1. The molecule has 108 valence electrons. The summed E-state index contributed by atoms with van der Waals surface area (Å²) in [6, 6.07) is 3.56. The Labute approximate surface area is 120 Å². The maximum Gasteiger partial charge on any atom is 0.404 e. The van der Waals surface area contributed by atoms with Crippen LogP contribution in [-0.2, 0) is 17.7 Å². The molecule has 0 aliphatic rings. The normalized spacial score (nSPS) is 10.7. The Hall–Kier alpha value is -2.02. The predicted octanol–water partition coefficient (Wildman–Crippen LogP) is 1.32. The fourth-order valence-corrected chi connectivity index (χ4v) is 2.06. The van der Waals surface area contributed by atoms with Crippen LogP contribution >= 0.6 is 11.6 Å². The van der Waals surface area contributed by atoms with Crippen LogP contribution in [0.25, 0.3) is 11.2 Å². The lowest BCUT2D eigenvalue weighted by Crippen LogP contribution is -2.18. The molecular weight excluding hydrogens is 284 g/mol. The number of alkyl halides is 1. The molecule has 0 aromatic carbocycles. The molecule has 0 saturated carbocycles. The van der Waals surface area contributed by atoms with E-state index in [9.17, 15) is 4.79 Å². The highest BCUT2D eigenvalue weighted by molar-refractivity contribution is 6.17. The van der Waals surface area contributed by atoms with Crippen molar-refractivity contribution in [3.63, 3.8) is 0 Å². The zero-order valence-electron chi connectivity index (χ0n) is 11.0. The van der Waals surface area contributed by atoms with Crippen molar-refractivity contribution in [2.24, 2.45) is 5.73 Å². The standard InChI is InChI=1S/C12H15ClN4O3/c1-19-10-3-2-8-11(16-10)17(6-7-20-12(14)18)9(15-8)4-5-13/h2-3H,4-7H2,1H3,(H2,14,18). The fraction of sp³-hybridized carbons (Fsp3) is 0.417. The quantitative estimate of drug-likeness (QED) is 0.812. The summed E-state index contributed by atoms with van der Waals surface area (Å²) in [5, 5.41) is 0. The third-order valence-corrected chi connectivity index (χ3v) is 2.92. The van der Waals surface area contributed by atoms with Crippen LogP contribution in [-0.4, -0.2) is 40.2 Å². The van der Waals surface area contributed by atoms with E-state index in [0.29, 0.717) is 30.4 Å². The van der Waals surface area contributed by atoms with Crippen LogP contribution in [0, 0.1) is 0 Å². The van der Waals surface area contributed by atoms with E-state index in [0.717, 1.165) is 11.3 Å². The van der Waals surface area contributed by atoms with Gasteiger partial charge in [-0.15, -0.1) is 11.6 Å². The van der Waals surface area contributed by atoms with Crippen LogP contribution in [0.3, 0.4) is 0 Å². The number of carbonyl (C=O) groups is 1. The van der Waals surface area contributed by atoms with Crippen LogP contribution < -0.4 is 10.5 Å². The molecule has 0 bridgehead atoms. The highest BCUT2D eigenvalue weighted by Gasteiger charge is 2.13. The number of imidazole rings is 1. The fourth-order valence-electron chi connectivity index (χ4n) is 1.89. The number of fused-ring (bicyclic) bond motifs is 1. The summed E-state index contributed by atoms with van der Waals surface area (Å²) in [6.45, 7) is 0.556. The second-order valence-electron chi connectivity index (χ2n) is 3.98. The molecule has 7 nitrogen and oxygen atoms in total. The number of rotatable bonds is 6. The van der Waals surface area contributed by atoms with Gasteiger partial charge < -0.3 is 19.8 Å². The second-order valence-corrected chi connectivity index (χ2v) is 4.36. The lowest BCUT2D eigenvalue weighted by molar-refractivity contribution is 0.152. The predicted molar refractivity (Wildman–Crippen MR) is 74.0 cm³/mol. The monoisotopic (exact) mass is 298 g/mol. The Bertz CT molecular complexity index is 614. The van der Waals surface area contributed by atoms with Crippen molar-refractivity contribution < 1.29 is 14.3 Å². The Kier molecular flexibility index (Phi) is 4.62. The first-order valence-electron chi connectivity index (χ1n) is 6.04. The molecule has 0 spiro atoms. The maximum atomic E-state index is 10.6. The minimum absolute atomic E-state index is 0.148. The van der Waals surface area contributed by atoms with Gasteiger partial charge in [0.15, 0.2) is 5.65 Å². The first-order valence-corrected chi connectivity index (χ1v) is 6.57. The number of hydrogen-bond donors (Lipinski definition) is 1. The Morgan fingerprint density at radius 2 is 2.25 bits per heavy atom. The Balaban J connectivity index is 2.35. The molecule has 0 aliphatic carbocycles. The van der Waals surface area contributed by atoms with Crippen LogP contribution in [0.5, 0.6) is 5.88 Å². The van der Waals surface area contributed by atoms with Gasteiger partial charge in [0.05, 0.1) is 13.7 Å². The minimum atomic E-state index is -0.807. The van der Waals surface area contributed by atoms with Gasteiger partial charge in [0.2, 0.25) is 5.88 Å². The number of pyridine rings is 1. The van der Waals surface area contributed by atoms with E-state index < -0.39 is 6.09 Å². The summed E-state index contributed by atoms with van der Waals surface area (Å²) >= 11 is 5.77. The number of carbonyl (C=O) groups excluding carboxylic acids is 1. The van der Waals surface area contributed by atoms with E-state index in [1.54, 1.807) is 13.2 Å². The van der Waals surface area contributed by atoms with Crippen LogP contribution in [0.1, 0.15) is 5.82 Å². The first kappa shape index (κ1) is 14.4. The molecule has 0 fully saturated rings. The SMILES string of the molecule is COc1ccc2nc(CCCl)n(CCOC(N)=O)c2n1. The van der Waals surface area contributed by atoms with Gasteiger partial charge in [-0.1, -0.05) is 0 Å². The number of nitrogens with two attached hydrogens (primary N) is 1. The Morgan fingerprint density at radius 1 is 1.45 bits per heavy atom. The van der Waals surface area contributed by atoms with Crippen molar-refractivity contribution in [1.82, 2.24) is 14.5 Å². The zero-order valence-corrected chi connectivity index (χ0v) is 11.8. The van der Waals surface area contributed by atoms with Crippen molar-refractivity contribution in [2.75, 3.05) is 19.6 Å². The molecule has 0 unspecified atom stereocenters. The van der Waals surface area contributed by atoms with E-state index in [4.69, 9.17) is 26.8 Å². The largest absolute Gasteiger partial charge is 0.481 e. The van der Waals surface area contributed by atoms with Crippen LogP contribution in [0.2, 0.25) is 0 Å². The maximum absolute atomic E-state index is 10.6. The number of nitrogens with zero attached hydrogens (tertiary/aromatic N) is 3. The van der Waals surface area contributed by atoms with E-state index in [2.05, 4.69) is 9.97 Å². The minimum Gasteiger partial charge on any atom is -0.481 e. The van der Waals surface area contributed by atoms with Gasteiger partial charge in [0, 0.05) is 18.4 Å². The third kappa shape index (κ3) is 3.11. The summed E-state index contributed by atoms with van der Waals surface area (Å²) in [5.41, 5.74) is 6.35. The number of halogens is 1. The summed E-state index contributed by atoms with van der Waals surface area (Å²) < 4.78 is 11.7. The van der Waals surface area contributed by atoms with E-state index in [-0.39, 0.29) is 6.61 Å². The van der Waals surface area contributed by atoms with Crippen molar-refractivity contribution in [2.45, 2.75) is 13.0 Å². The highest BCUT2D eigenvalue weighted by Crippen LogP contribution is 2.18. The molecule has 0 atom stereocenters. The number of primary amides is 1. The smallest absolute Gasteiger partial charge is 0.404 e. The molecule has 1 amide bonds. The number of ether oxygens (including phenoxy) is 2. The van der Waals surface area contributed by atoms with E-state index >= 15 is 0 Å². The van der Waals surface area contributed by atoms with Gasteiger partial charge in [-0.3, -0.25) is 0 Å². The zero-order chi connectivity index (χ0) is 14.5. The number of aryl methyl sites for hydroxylation is 1. The first-order chi connectivity index (χ1) is 9.65. The summed E-state index contributed by atoms with van der Waals surface area (Å²) in [4.78, 5) is 19.4. The molecule has 0 saturated heterocycles. The Morgan fingerprint density at radius 3 is 2.90 bits per heavy atom. The van der Waals surface area contributed by atoms with Gasteiger partial charge in [0.1, 0.15) is 17.9 Å². The molecular formula is C12H15ClN4O3. The average molecular weight is 299 g/mol. The lowest BCUT2D eigenvalue weighted by Gasteiger charge is -2.08. The molecule has 2 rings (SSSR count). The number of hydrogen-bond acceptors (Lipinski definition) is 5. The third-order valence-electron chi connectivity index (χ3n) is 2.73. The highest BCUT2D eigenvalue weighted by atomic mass is 35.5. The van der Waals surface area contributed by atoms with E-state index in [1.165, 1.54) is 0 Å². The molecule has 0 radical (unpaired) electrons. The molecule has 2 heterocycles. The van der Waals surface area contributed by atoms with Gasteiger partial charge in [0.25, 0.3) is 0 Å². The molecule has 20 heavy (non-hydrogen) atoms. The van der Waals surface area contributed by atoms with Crippen molar-refractivity contribution in [3.8, 4) is 5.88 Å².